The van der Waals surface area contributed by atoms with Gasteiger partial charge in [-0.05, 0) is 55.5 Å². The van der Waals surface area contributed by atoms with Crippen molar-refractivity contribution in [2.45, 2.75) is 51.2 Å². The lowest BCUT2D eigenvalue weighted by molar-refractivity contribution is 0.0927. The average Bonchev–Trinajstić information content (AvgIpc) is 2.89. The number of piperidine rings is 1. The third kappa shape index (κ3) is 5.34. The van der Waals surface area contributed by atoms with Gasteiger partial charge in [-0.2, -0.15) is 0 Å². The number of nitrogens with zero attached hydrogens (tertiary/aromatic N) is 5. The van der Waals surface area contributed by atoms with Gasteiger partial charge in [-0.1, -0.05) is 6.07 Å². The number of ether oxygens (including phenoxy) is 2. The third-order valence-corrected chi connectivity index (χ3v) is 6.67. The number of fused-ring (bicyclic) bond motifs is 1. The second kappa shape index (κ2) is 10.2. The van der Waals surface area contributed by atoms with Gasteiger partial charge in [0.15, 0.2) is 11.5 Å². The highest BCUT2D eigenvalue weighted by Crippen LogP contribution is 2.25. The van der Waals surface area contributed by atoms with Crippen LogP contribution in [-0.2, 0) is 12.8 Å². The Kier molecular flexibility index (Phi) is 6.74. The predicted octanol–water partition coefficient (Wildman–Crippen LogP) is 2.92. The highest BCUT2D eigenvalue weighted by molar-refractivity contribution is 5.92. The number of aromatic nitrogens is 4. The average molecular weight is 475 g/mol. The van der Waals surface area contributed by atoms with E-state index in [4.69, 9.17) is 9.47 Å². The van der Waals surface area contributed by atoms with Crippen molar-refractivity contribution < 1.29 is 14.3 Å². The molecule has 9 heteroatoms. The van der Waals surface area contributed by atoms with Gasteiger partial charge in [0.25, 0.3) is 5.91 Å². The zero-order valence-corrected chi connectivity index (χ0v) is 20.1. The number of anilines is 1. The maximum absolute atomic E-state index is 12.8. The second-order valence-corrected chi connectivity index (χ2v) is 9.10. The van der Waals surface area contributed by atoms with Gasteiger partial charge in [0, 0.05) is 49.9 Å². The SMILES string of the molecule is COc1ccc(OC2CCN(c3nnc(C(=O)NC4CCc5ncccc5C4)cc3C)CC2)cn1. The van der Waals surface area contributed by atoms with Gasteiger partial charge in [0.1, 0.15) is 11.9 Å². The Labute approximate surface area is 204 Å². The Bertz CT molecular complexity index is 1180. The fourth-order valence-electron chi connectivity index (χ4n) is 4.78. The molecule has 1 aliphatic carbocycles. The summed E-state index contributed by atoms with van der Waals surface area (Å²) >= 11 is 0. The standard InChI is InChI=1S/C26H30N6O3/c1-17-14-23(26(33)29-19-5-7-22-18(15-19)4-3-11-27-22)30-31-25(17)32-12-9-20(10-13-32)35-21-6-8-24(34-2)28-16-21/h3-4,6,8,11,14,16,19-20H,5,7,9-10,12-13,15H2,1-2H3,(H,29,33). The molecule has 182 valence electrons. The van der Waals surface area contributed by atoms with Crippen LogP contribution < -0.4 is 19.7 Å². The fraction of sp³-hybridized carbons (Fsp3) is 0.423. The Hall–Kier alpha value is -3.75. The van der Waals surface area contributed by atoms with Crippen LogP contribution in [0.5, 0.6) is 11.6 Å². The molecule has 0 radical (unpaired) electrons. The van der Waals surface area contributed by atoms with Gasteiger partial charge < -0.3 is 19.7 Å². The molecule has 1 atom stereocenters. The number of aryl methyl sites for hydroxylation is 2. The maximum atomic E-state index is 12.8. The van der Waals surface area contributed by atoms with Gasteiger partial charge in [0.2, 0.25) is 5.88 Å². The van der Waals surface area contributed by atoms with Crippen molar-refractivity contribution in [3.05, 3.63) is 65.2 Å². The molecule has 0 spiro atoms. The molecule has 1 saturated heterocycles. The summed E-state index contributed by atoms with van der Waals surface area (Å²) < 4.78 is 11.2. The van der Waals surface area contributed by atoms with Gasteiger partial charge in [-0.3, -0.25) is 9.78 Å². The Morgan fingerprint density at radius 1 is 1.11 bits per heavy atom. The summed E-state index contributed by atoms with van der Waals surface area (Å²) in [4.78, 5) is 23.7. The van der Waals surface area contributed by atoms with Crippen LogP contribution >= 0.6 is 0 Å². The van der Waals surface area contributed by atoms with Crippen molar-refractivity contribution in [2.24, 2.45) is 0 Å². The van der Waals surface area contributed by atoms with Crippen LogP contribution in [0.1, 0.15) is 46.6 Å². The topological polar surface area (TPSA) is 102 Å². The first-order chi connectivity index (χ1) is 17.1. The summed E-state index contributed by atoms with van der Waals surface area (Å²) in [5, 5.41) is 11.8. The molecule has 5 rings (SSSR count). The van der Waals surface area contributed by atoms with Crippen LogP contribution in [-0.4, -0.2) is 58.4 Å². The Morgan fingerprint density at radius 3 is 2.71 bits per heavy atom. The van der Waals surface area contributed by atoms with Crippen molar-refractivity contribution in [1.82, 2.24) is 25.5 Å². The second-order valence-electron chi connectivity index (χ2n) is 9.10. The van der Waals surface area contributed by atoms with Crippen LogP contribution in [0.3, 0.4) is 0 Å². The molecule has 4 heterocycles. The minimum Gasteiger partial charge on any atom is -0.489 e. The van der Waals surface area contributed by atoms with Gasteiger partial charge in [-0.25, -0.2) is 4.98 Å². The van der Waals surface area contributed by atoms with E-state index in [1.54, 1.807) is 19.4 Å². The largest absolute Gasteiger partial charge is 0.489 e. The number of hydrogen-bond donors (Lipinski definition) is 1. The molecule has 0 bridgehead atoms. The molecule has 35 heavy (non-hydrogen) atoms. The highest BCUT2D eigenvalue weighted by Gasteiger charge is 2.25. The predicted molar refractivity (Wildman–Crippen MR) is 131 cm³/mol. The summed E-state index contributed by atoms with van der Waals surface area (Å²) in [7, 11) is 1.59. The molecular formula is C26H30N6O3. The fourth-order valence-corrected chi connectivity index (χ4v) is 4.78. The molecule has 1 aliphatic heterocycles. The van der Waals surface area contributed by atoms with E-state index in [9.17, 15) is 4.79 Å². The van der Waals surface area contributed by atoms with Crippen molar-refractivity contribution in [3.63, 3.8) is 0 Å². The first kappa shape index (κ1) is 23.0. The lowest BCUT2D eigenvalue weighted by atomic mass is 9.92. The maximum Gasteiger partial charge on any atom is 0.272 e. The van der Waals surface area contributed by atoms with Crippen LogP contribution in [0.4, 0.5) is 5.82 Å². The number of hydrogen-bond acceptors (Lipinski definition) is 8. The van der Waals surface area contributed by atoms with Crippen LogP contribution in [0.25, 0.3) is 0 Å². The molecule has 9 nitrogen and oxygen atoms in total. The minimum atomic E-state index is -0.176. The van der Waals surface area contributed by atoms with Gasteiger partial charge >= 0.3 is 0 Å². The van der Waals surface area contributed by atoms with E-state index < -0.39 is 0 Å². The summed E-state index contributed by atoms with van der Waals surface area (Å²) in [5.41, 5.74) is 3.64. The van der Waals surface area contributed by atoms with Gasteiger partial charge in [0.05, 0.1) is 13.3 Å². The lowest BCUT2D eigenvalue weighted by Crippen LogP contribution is -2.40. The highest BCUT2D eigenvalue weighted by atomic mass is 16.5. The van der Waals surface area contributed by atoms with Crippen LogP contribution in [0, 0.1) is 6.92 Å². The zero-order valence-electron chi connectivity index (χ0n) is 20.1. The molecule has 2 aliphatic rings. The number of rotatable bonds is 6. The number of pyridine rings is 2. The van der Waals surface area contributed by atoms with Crippen molar-refractivity contribution in [2.75, 3.05) is 25.1 Å². The molecular weight excluding hydrogens is 444 g/mol. The van der Waals surface area contributed by atoms with E-state index in [-0.39, 0.29) is 18.1 Å². The Balaban J connectivity index is 1.15. The third-order valence-electron chi connectivity index (χ3n) is 6.67. The molecule has 1 unspecified atom stereocenters. The van der Waals surface area contributed by atoms with E-state index in [0.29, 0.717) is 11.6 Å². The number of carbonyl (C=O) groups excluding carboxylic acids is 1. The molecule has 0 aromatic carbocycles. The van der Waals surface area contributed by atoms with Crippen LogP contribution in [0.2, 0.25) is 0 Å². The summed E-state index contributed by atoms with van der Waals surface area (Å²) in [6.07, 6.45) is 7.92. The molecule has 1 amide bonds. The molecule has 1 N–H and O–H groups in total. The summed E-state index contributed by atoms with van der Waals surface area (Å²) in [5.74, 6) is 1.96. The molecule has 3 aromatic heterocycles. The first-order valence-corrected chi connectivity index (χ1v) is 12.1. The summed E-state index contributed by atoms with van der Waals surface area (Å²) in [6.45, 7) is 3.60. The Morgan fingerprint density at radius 2 is 1.97 bits per heavy atom. The van der Waals surface area contributed by atoms with Crippen molar-refractivity contribution in [1.29, 1.82) is 0 Å². The molecule has 3 aromatic rings. The molecule has 1 fully saturated rings. The quantitative estimate of drug-likeness (QED) is 0.582. The summed E-state index contributed by atoms with van der Waals surface area (Å²) in [6, 6.07) is 9.62. The van der Waals surface area contributed by atoms with E-state index in [2.05, 4.69) is 36.4 Å². The minimum absolute atomic E-state index is 0.0842. The van der Waals surface area contributed by atoms with Gasteiger partial charge in [-0.15, -0.1) is 10.2 Å². The van der Waals surface area contributed by atoms with E-state index >= 15 is 0 Å². The van der Waals surface area contributed by atoms with Crippen molar-refractivity contribution in [3.8, 4) is 11.6 Å². The lowest BCUT2D eigenvalue weighted by Gasteiger charge is -2.33. The van der Waals surface area contributed by atoms with E-state index in [0.717, 1.165) is 68.0 Å². The molecule has 0 saturated carbocycles. The van der Waals surface area contributed by atoms with Crippen LogP contribution in [0.15, 0.2) is 42.7 Å². The zero-order chi connectivity index (χ0) is 24.2. The van der Waals surface area contributed by atoms with E-state index in [1.807, 2.05) is 31.3 Å². The van der Waals surface area contributed by atoms with Crippen molar-refractivity contribution >= 4 is 11.7 Å². The van der Waals surface area contributed by atoms with E-state index in [1.165, 1.54) is 5.56 Å². The number of nitrogens with one attached hydrogen (secondary N) is 1. The first-order valence-electron chi connectivity index (χ1n) is 12.1. The number of carbonyl (C=O) groups is 1. The smallest absolute Gasteiger partial charge is 0.272 e. The number of methoxy groups -OCH3 is 1. The number of amides is 1. The normalized spacial score (nSPS) is 18.0. The monoisotopic (exact) mass is 474 g/mol.